The number of aromatic nitrogens is 2. The van der Waals surface area contributed by atoms with Crippen LogP contribution in [-0.2, 0) is 6.54 Å². The van der Waals surface area contributed by atoms with Crippen LogP contribution in [0.2, 0.25) is 0 Å². The summed E-state index contributed by atoms with van der Waals surface area (Å²) >= 11 is 0. The van der Waals surface area contributed by atoms with Crippen LogP contribution < -0.4 is 15.4 Å². The highest BCUT2D eigenvalue weighted by atomic mass is 16.5. The SMILES string of the molecule is CNC(=O)c1ccc(CNc2nc(-c3cccc(OC)c3)no2)cc1. The number of methoxy groups -OCH3 is 1. The summed E-state index contributed by atoms with van der Waals surface area (Å²) in [6, 6.07) is 15.1. The summed E-state index contributed by atoms with van der Waals surface area (Å²) < 4.78 is 10.4. The zero-order valence-corrected chi connectivity index (χ0v) is 13.9. The second-order valence-electron chi connectivity index (χ2n) is 5.28. The zero-order valence-electron chi connectivity index (χ0n) is 13.9. The van der Waals surface area contributed by atoms with Gasteiger partial charge in [0.2, 0.25) is 5.82 Å². The fourth-order valence-electron chi connectivity index (χ4n) is 2.27. The average Bonchev–Trinajstić information content (AvgIpc) is 3.15. The van der Waals surface area contributed by atoms with E-state index in [2.05, 4.69) is 20.8 Å². The van der Waals surface area contributed by atoms with E-state index in [-0.39, 0.29) is 5.91 Å². The van der Waals surface area contributed by atoms with Gasteiger partial charge in [-0.3, -0.25) is 4.79 Å². The number of hydrogen-bond donors (Lipinski definition) is 2. The maximum Gasteiger partial charge on any atom is 0.322 e. The average molecular weight is 338 g/mol. The molecule has 0 saturated carbocycles. The number of ether oxygens (including phenoxy) is 1. The number of carbonyl (C=O) groups excluding carboxylic acids is 1. The molecule has 2 N–H and O–H groups in total. The van der Waals surface area contributed by atoms with Crippen LogP contribution in [0.5, 0.6) is 5.75 Å². The Morgan fingerprint density at radius 3 is 2.72 bits per heavy atom. The van der Waals surface area contributed by atoms with E-state index < -0.39 is 0 Å². The number of carbonyl (C=O) groups is 1. The van der Waals surface area contributed by atoms with E-state index in [1.807, 2.05) is 36.4 Å². The monoisotopic (exact) mass is 338 g/mol. The van der Waals surface area contributed by atoms with Crippen molar-refractivity contribution < 1.29 is 14.1 Å². The number of anilines is 1. The Morgan fingerprint density at radius 1 is 1.20 bits per heavy atom. The van der Waals surface area contributed by atoms with Gasteiger partial charge < -0.3 is 19.9 Å². The molecule has 0 radical (unpaired) electrons. The first-order valence-corrected chi connectivity index (χ1v) is 7.72. The van der Waals surface area contributed by atoms with Crippen molar-refractivity contribution in [2.75, 3.05) is 19.5 Å². The molecule has 0 aliphatic rings. The molecule has 0 saturated heterocycles. The molecule has 1 aromatic heterocycles. The molecule has 0 fully saturated rings. The fraction of sp³-hybridized carbons (Fsp3) is 0.167. The minimum atomic E-state index is -0.112. The first-order valence-electron chi connectivity index (χ1n) is 7.72. The maximum atomic E-state index is 11.5. The molecular weight excluding hydrogens is 320 g/mol. The number of benzene rings is 2. The summed E-state index contributed by atoms with van der Waals surface area (Å²) in [6.45, 7) is 0.508. The number of rotatable bonds is 6. The van der Waals surface area contributed by atoms with Gasteiger partial charge in [-0.05, 0) is 29.8 Å². The molecule has 0 spiro atoms. The molecule has 7 nitrogen and oxygen atoms in total. The zero-order chi connectivity index (χ0) is 17.6. The van der Waals surface area contributed by atoms with Crippen LogP contribution in [0.25, 0.3) is 11.4 Å². The predicted molar refractivity (Wildman–Crippen MR) is 93.4 cm³/mol. The van der Waals surface area contributed by atoms with Crippen molar-refractivity contribution in [2.45, 2.75) is 6.54 Å². The van der Waals surface area contributed by atoms with E-state index in [1.54, 1.807) is 26.3 Å². The van der Waals surface area contributed by atoms with Crippen LogP contribution in [0.4, 0.5) is 6.01 Å². The van der Waals surface area contributed by atoms with Gasteiger partial charge in [0.25, 0.3) is 5.91 Å². The van der Waals surface area contributed by atoms with E-state index in [4.69, 9.17) is 9.26 Å². The number of nitrogens with one attached hydrogen (secondary N) is 2. The third kappa shape index (κ3) is 3.95. The third-order valence-corrected chi connectivity index (χ3v) is 3.64. The topological polar surface area (TPSA) is 89.3 Å². The molecule has 3 rings (SSSR count). The third-order valence-electron chi connectivity index (χ3n) is 3.64. The Labute approximate surface area is 145 Å². The highest BCUT2D eigenvalue weighted by molar-refractivity contribution is 5.93. The molecule has 0 bridgehead atoms. The largest absolute Gasteiger partial charge is 0.497 e. The van der Waals surface area contributed by atoms with Crippen molar-refractivity contribution in [1.29, 1.82) is 0 Å². The highest BCUT2D eigenvalue weighted by Gasteiger charge is 2.09. The van der Waals surface area contributed by atoms with Gasteiger partial charge in [-0.25, -0.2) is 0 Å². The summed E-state index contributed by atoms with van der Waals surface area (Å²) in [5, 5.41) is 9.62. The lowest BCUT2D eigenvalue weighted by atomic mass is 10.1. The van der Waals surface area contributed by atoms with Crippen molar-refractivity contribution in [2.24, 2.45) is 0 Å². The number of amides is 1. The molecule has 7 heteroatoms. The van der Waals surface area contributed by atoms with Crippen molar-refractivity contribution in [1.82, 2.24) is 15.5 Å². The van der Waals surface area contributed by atoms with Crippen LogP contribution in [0.1, 0.15) is 15.9 Å². The molecule has 0 atom stereocenters. The minimum Gasteiger partial charge on any atom is -0.497 e. The van der Waals surface area contributed by atoms with Crippen molar-refractivity contribution >= 4 is 11.9 Å². The van der Waals surface area contributed by atoms with Crippen LogP contribution in [0, 0.1) is 0 Å². The molecule has 0 aliphatic carbocycles. The summed E-state index contributed by atoms with van der Waals surface area (Å²) in [4.78, 5) is 15.8. The molecule has 128 valence electrons. The summed E-state index contributed by atoms with van der Waals surface area (Å²) in [5.74, 6) is 1.10. The van der Waals surface area contributed by atoms with E-state index >= 15 is 0 Å². The van der Waals surface area contributed by atoms with Gasteiger partial charge in [-0.1, -0.05) is 29.4 Å². The van der Waals surface area contributed by atoms with Crippen LogP contribution >= 0.6 is 0 Å². The smallest absolute Gasteiger partial charge is 0.322 e. The molecule has 0 unspecified atom stereocenters. The molecule has 0 aliphatic heterocycles. The number of nitrogens with zero attached hydrogens (tertiary/aromatic N) is 2. The van der Waals surface area contributed by atoms with Gasteiger partial charge in [0, 0.05) is 24.7 Å². The van der Waals surface area contributed by atoms with E-state index in [9.17, 15) is 4.79 Å². The van der Waals surface area contributed by atoms with Crippen molar-refractivity contribution in [3.05, 3.63) is 59.7 Å². The van der Waals surface area contributed by atoms with Crippen LogP contribution in [0.3, 0.4) is 0 Å². The lowest BCUT2D eigenvalue weighted by Gasteiger charge is -2.03. The second kappa shape index (κ2) is 7.48. The van der Waals surface area contributed by atoms with Gasteiger partial charge in [0.05, 0.1) is 7.11 Å². The quantitative estimate of drug-likeness (QED) is 0.718. The normalized spacial score (nSPS) is 10.3. The Balaban J connectivity index is 1.64. The van der Waals surface area contributed by atoms with E-state index in [0.717, 1.165) is 16.9 Å². The first kappa shape index (κ1) is 16.5. The molecule has 2 aromatic carbocycles. The molecule has 3 aromatic rings. The maximum absolute atomic E-state index is 11.5. The summed E-state index contributed by atoms with van der Waals surface area (Å²) in [7, 11) is 3.21. The predicted octanol–water partition coefficient (Wildman–Crippen LogP) is 2.72. The van der Waals surface area contributed by atoms with Crippen molar-refractivity contribution in [3.8, 4) is 17.1 Å². The fourth-order valence-corrected chi connectivity index (χ4v) is 2.27. The minimum absolute atomic E-state index is 0.112. The Bertz CT molecular complexity index is 859. The van der Waals surface area contributed by atoms with Gasteiger partial charge in [-0.2, -0.15) is 4.98 Å². The number of hydrogen-bond acceptors (Lipinski definition) is 6. The van der Waals surface area contributed by atoms with E-state index in [0.29, 0.717) is 23.9 Å². The Hall–Kier alpha value is -3.35. The van der Waals surface area contributed by atoms with Gasteiger partial charge in [0.15, 0.2) is 0 Å². The van der Waals surface area contributed by atoms with Gasteiger partial charge in [-0.15, -0.1) is 0 Å². The lowest BCUT2D eigenvalue weighted by Crippen LogP contribution is -2.17. The lowest BCUT2D eigenvalue weighted by molar-refractivity contribution is 0.0963. The van der Waals surface area contributed by atoms with Crippen molar-refractivity contribution in [3.63, 3.8) is 0 Å². The molecular formula is C18H18N4O3. The first-order chi connectivity index (χ1) is 12.2. The summed E-state index contributed by atoms with van der Waals surface area (Å²) in [5.41, 5.74) is 2.42. The second-order valence-corrected chi connectivity index (χ2v) is 5.28. The standard InChI is InChI=1S/C18H18N4O3/c1-19-17(23)13-8-6-12(7-9-13)11-20-18-21-16(22-25-18)14-4-3-5-15(10-14)24-2/h3-10H,11H2,1-2H3,(H,19,23)(H,20,21,22). The molecule has 1 heterocycles. The molecule has 1 amide bonds. The highest BCUT2D eigenvalue weighted by Crippen LogP contribution is 2.22. The Kier molecular flexibility index (Phi) is 4.94. The van der Waals surface area contributed by atoms with Gasteiger partial charge >= 0.3 is 6.01 Å². The summed E-state index contributed by atoms with van der Waals surface area (Å²) in [6.07, 6.45) is 0. The molecule has 25 heavy (non-hydrogen) atoms. The van der Waals surface area contributed by atoms with Crippen LogP contribution in [0.15, 0.2) is 53.1 Å². The van der Waals surface area contributed by atoms with Crippen LogP contribution in [-0.4, -0.2) is 30.2 Å². The van der Waals surface area contributed by atoms with Gasteiger partial charge in [0.1, 0.15) is 5.75 Å². The Morgan fingerprint density at radius 2 is 2.00 bits per heavy atom. The van der Waals surface area contributed by atoms with E-state index in [1.165, 1.54) is 0 Å².